The molecule has 2 heterocycles. The van der Waals surface area contributed by atoms with E-state index in [1.807, 2.05) is 19.1 Å². The van der Waals surface area contributed by atoms with Crippen LogP contribution in [0.2, 0.25) is 0 Å². The van der Waals surface area contributed by atoms with Crippen LogP contribution < -0.4 is 4.74 Å². The zero-order valence-electron chi connectivity index (χ0n) is 14.8. The molecular formula is C19H24N2O3. The topological polar surface area (TPSA) is 53.4 Å². The van der Waals surface area contributed by atoms with Crippen LogP contribution in [-0.4, -0.2) is 29.7 Å². The SMILES string of the molecule is COC(=O)c1nc(-c2ccc(OC)c(C)c2)n2c1CCCC(C)C2. The van der Waals surface area contributed by atoms with Crippen LogP contribution in [0.25, 0.3) is 11.4 Å². The van der Waals surface area contributed by atoms with Crippen LogP contribution in [0.1, 0.15) is 41.5 Å². The van der Waals surface area contributed by atoms with Gasteiger partial charge in [-0.2, -0.15) is 0 Å². The summed E-state index contributed by atoms with van der Waals surface area (Å²) in [6, 6.07) is 6.01. The zero-order valence-corrected chi connectivity index (χ0v) is 14.8. The molecule has 24 heavy (non-hydrogen) atoms. The minimum absolute atomic E-state index is 0.357. The van der Waals surface area contributed by atoms with Crippen LogP contribution in [0.5, 0.6) is 5.75 Å². The van der Waals surface area contributed by atoms with E-state index >= 15 is 0 Å². The lowest BCUT2D eigenvalue weighted by atomic mass is 10.1. The van der Waals surface area contributed by atoms with Crippen molar-refractivity contribution in [2.45, 2.75) is 39.7 Å². The molecule has 1 unspecified atom stereocenters. The fourth-order valence-electron chi connectivity index (χ4n) is 3.46. The number of rotatable bonds is 3. The Bertz CT molecular complexity index is 764. The summed E-state index contributed by atoms with van der Waals surface area (Å²) < 4.78 is 12.5. The van der Waals surface area contributed by atoms with Crippen molar-refractivity contribution < 1.29 is 14.3 Å². The maximum absolute atomic E-state index is 12.2. The number of methoxy groups -OCH3 is 2. The normalized spacial score (nSPS) is 17.1. The third kappa shape index (κ3) is 2.90. The minimum atomic E-state index is -0.357. The lowest BCUT2D eigenvalue weighted by Crippen LogP contribution is -2.10. The molecule has 0 aliphatic carbocycles. The fourth-order valence-corrected chi connectivity index (χ4v) is 3.46. The molecule has 1 aromatic heterocycles. The number of hydrogen-bond acceptors (Lipinski definition) is 4. The highest BCUT2D eigenvalue weighted by Crippen LogP contribution is 2.31. The van der Waals surface area contributed by atoms with Crippen molar-refractivity contribution in [1.82, 2.24) is 9.55 Å². The molecule has 0 radical (unpaired) electrons. The maximum atomic E-state index is 12.2. The molecular weight excluding hydrogens is 304 g/mol. The van der Waals surface area contributed by atoms with E-state index in [0.29, 0.717) is 11.6 Å². The Morgan fingerprint density at radius 3 is 2.79 bits per heavy atom. The van der Waals surface area contributed by atoms with Crippen molar-refractivity contribution in [2.24, 2.45) is 5.92 Å². The molecule has 0 fully saturated rings. The monoisotopic (exact) mass is 328 g/mol. The van der Waals surface area contributed by atoms with Crippen molar-refractivity contribution >= 4 is 5.97 Å². The summed E-state index contributed by atoms with van der Waals surface area (Å²) in [7, 11) is 3.07. The summed E-state index contributed by atoms with van der Waals surface area (Å²) in [5.41, 5.74) is 3.50. The molecule has 128 valence electrons. The first-order valence-corrected chi connectivity index (χ1v) is 8.37. The van der Waals surface area contributed by atoms with Gasteiger partial charge in [0.1, 0.15) is 11.6 Å². The van der Waals surface area contributed by atoms with Gasteiger partial charge in [0, 0.05) is 12.1 Å². The average molecular weight is 328 g/mol. The Labute approximate surface area is 142 Å². The van der Waals surface area contributed by atoms with Crippen LogP contribution in [0.4, 0.5) is 0 Å². The highest BCUT2D eigenvalue weighted by Gasteiger charge is 2.26. The van der Waals surface area contributed by atoms with E-state index in [2.05, 4.69) is 22.5 Å². The number of nitrogens with zero attached hydrogens (tertiary/aromatic N) is 2. The van der Waals surface area contributed by atoms with Gasteiger partial charge in [0.15, 0.2) is 5.69 Å². The summed E-state index contributed by atoms with van der Waals surface area (Å²) in [4.78, 5) is 16.8. The summed E-state index contributed by atoms with van der Waals surface area (Å²) in [5, 5.41) is 0. The number of carbonyl (C=O) groups excluding carboxylic acids is 1. The largest absolute Gasteiger partial charge is 0.496 e. The number of imidazole rings is 1. The molecule has 0 amide bonds. The van der Waals surface area contributed by atoms with Crippen molar-refractivity contribution in [3.63, 3.8) is 0 Å². The van der Waals surface area contributed by atoms with Gasteiger partial charge in [-0.15, -0.1) is 0 Å². The number of ether oxygens (including phenoxy) is 2. The number of fused-ring (bicyclic) bond motifs is 1. The van der Waals surface area contributed by atoms with Crippen LogP contribution in [0.3, 0.4) is 0 Å². The van der Waals surface area contributed by atoms with Crippen molar-refractivity contribution in [2.75, 3.05) is 14.2 Å². The number of carbonyl (C=O) groups is 1. The lowest BCUT2D eigenvalue weighted by molar-refractivity contribution is 0.0593. The molecule has 2 aromatic rings. The van der Waals surface area contributed by atoms with E-state index in [-0.39, 0.29) is 5.97 Å². The second-order valence-electron chi connectivity index (χ2n) is 6.51. The van der Waals surface area contributed by atoms with E-state index in [4.69, 9.17) is 9.47 Å². The van der Waals surface area contributed by atoms with E-state index in [9.17, 15) is 4.79 Å². The van der Waals surface area contributed by atoms with Gasteiger partial charge in [0.25, 0.3) is 0 Å². The molecule has 5 heteroatoms. The van der Waals surface area contributed by atoms with Crippen molar-refractivity contribution in [3.05, 3.63) is 35.2 Å². The minimum Gasteiger partial charge on any atom is -0.496 e. The molecule has 0 N–H and O–H groups in total. The van der Waals surface area contributed by atoms with E-state index in [1.165, 1.54) is 7.11 Å². The first kappa shape index (κ1) is 16.6. The molecule has 1 atom stereocenters. The van der Waals surface area contributed by atoms with Gasteiger partial charge in [-0.05, 0) is 55.9 Å². The van der Waals surface area contributed by atoms with Crippen LogP contribution in [0.15, 0.2) is 18.2 Å². The third-order valence-corrected chi connectivity index (χ3v) is 4.71. The van der Waals surface area contributed by atoms with Gasteiger partial charge in [0.05, 0.1) is 19.9 Å². The Balaban J connectivity index is 2.15. The zero-order chi connectivity index (χ0) is 17.3. The lowest BCUT2D eigenvalue weighted by Gasteiger charge is -2.13. The van der Waals surface area contributed by atoms with Gasteiger partial charge >= 0.3 is 5.97 Å². The maximum Gasteiger partial charge on any atom is 0.358 e. The predicted molar refractivity (Wildman–Crippen MR) is 92.4 cm³/mol. The molecule has 1 aliphatic rings. The van der Waals surface area contributed by atoms with E-state index in [0.717, 1.165) is 54.2 Å². The molecule has 5 nitrogen and oxygen atoms in total. The van der Waals surface area contributed by atoms with Crippen LogP contribution in [-0.2, 0) is 17.7 Å². The second kappa shape index (κ2) is 6.67. The van der Waals surface area contributed by atoms with Gasteiger partial charge in [-0.3, -0.25) is 0 Å². The standard InChI is InChI=1S/C19H24N2O3/c1-12-6-5-7-15-17(19(22)24-4)20-18(21(15)11-12)14-8-9-16(23-3)13(2)10-14/h8-10,12H,5-7,11H2,1-4H3. The van der Waals surface area contributed by atoms with Gasteiger partial charge in [-0.1, -0.05) is 6.92 Å². The third-order valence-electron chi connectivity index (χ3n) is 4.71. The Kier molecular flexibility index (Phi) is 4.60. The first-order valence-electron chi connectivity index (χ1n) is 8.37. The smallest absolute Gasteiger partial charge is 0.358 e. The van der Waals surface area contributed by atoms with Gasteiger partial charge in [0.2, 0.25) is 0 Å². The predicted octanol–water partition coefficient (Wildman–Crippen LogP) is 3.63. The summed E-state index contributed by atoms with van der Waals surface area (Å²) in [6.07, 6.45) is 3.08. The molecule has 1 aliphatic heterocycles. The number of esters is 1. The average Bonchev–Trinajstić information content (AvgIpc) is 2.81. The molecule has 0 spiro atoms. The number of benzene rings is 1. The fraction of sp³-hybridized carbons (Fsp3) is 0.474. The quantitative estimate of drug-likeness (QED) is 0.808. The Morgan fingerprint density at radius 2 is 2.12 bits per heavy atom. The Hall–Kier alpha value is -2.30. The van der Waals surface area contributed by atoms with E-state index < -0.39 is 0 Å². The van der Waals surface area contributed by atoms with E-state index in [1.54, 1.807) is 7.11 Å². The highest BCUT2D eigenvalue weighted by atomic mass is 16.5. The number of aryl methyl sites for hydroxylation is 1. The summed E-state index contributed by atoms with van der Waals surface area (Å²) >= 11 is 0. The van der Waals surface area contributed by atoms with Crippen LogP contribution in [0, 0.1) is 12.8 Å². The molecule has 1 aromatic carbocycles. The second-order valence-corrected chi connectivity index (χ2v) is 6.51. The molecule has 0 saturated heterocycles. The van der Waals surface area contributed by atoms with Gasteiger partial charge in [-0.25, -0.2) is 9.78 Å². The number of hydrogen-bond donors (Lipinski definition) is 0. The number of aromatic nitrogens is 2. The molecule has 3 rings (SSSR count). The van der Waals surface area contributed by atoms with Crippen LogP contribution >= 0.6 is 0 Å². The molecule has 0 saturated carbocycles. The highest BCUT2D eigenvalue weighted by molar-refractivity contribution is 5.89. The summed E-state index contributed by atoms with van der Waals surface area (Å²) in [5.74, 6) is 1.89. The van der Waals surface area contributed by atoms with Crippen molar-refractivity contribution in [3.8, 4) is 17.1 Å². The Morgan fingerprint density at radius 1 is 1.33 bits per heavy atom. The van der Waals surface area contributed by atoms with Gasteiger partial charge < -0.3 is 14.0 Å². The van der Waals surface area contributed by atoms with Crippen molar-refractivity contribution in [1.29, 1.82) is 0 Å². The summed E-state index contributed by atoms with van der Waals surface area (Å²) in [6.45, 7) is 5.13. The molecule has 0 bridgehead atoms. The first-order chi connectivity index (χ1) is 11.5.